The molecule has 1 N–H and O–H groups in total. The van der Waals surface area contributed by atoms with Crippen molar-refractivity contribution in [2.45, 2.75) is 19.4 Å². The van der Waals surface area contributed by atoms with E-state index in [0.29, 0.717) is 25.4 Å². The molecule has 2 rings (SSSR count). The Hall–Kier alpha value is -2.08. The zero-order valence-corrected chi connectivity index (χ0v) is 12.3. The number of likely N-dealkylation sites (N-methyl/N-ethyl adjacent to an activating group) is 1. The van der Waals surface area contributed by atoms with Crippen LogP contribution in [0.1, 0.15) is 13.3 Å². The number of rotatable bonds is 5. The Morgan fingerprint density at radius 2 is 2.14 bits per heavy atom. The van der Waals surface area contributed by atoms with Crippen molar-refractivity contribution in [2.75, 3.05) is 32.1 Å². The van der Waals surface area contributed by atoms with Gasteiger partial charge in [0.25, 0.3) is 5.91 Å². The average molecular weight is 292 g/mol. The fourth-order valence-corrected chi connectivity index (χ4v) is 2.21. The van der Waals surface area contributed by atoms with Crippen LogP contribution in [0, 0.1) is 0 Å². The third-order valence-corrected chi connectivity index (χ3v) is 3.39. The molecule has 0 radical (unpaired) electrons. The first-order valence-electron chi connectivity index (χ1n) is 6.98. The van der Waals surface area contributed by atoms with Gasteiger partial charge in [0.1, 0.15) is 11.9 Å². The van der Waals surface area contributed by atoms with Crippen molar-refractivity contribution < 1.29 is 19.1 Å². The van der Waals surface area contributed by atoms with Crippen LogP contribution in [0.3, 0.4) is 0 Å². The van der Waals surface area contributed by atoms with Crippen LogP contribution in [0.4, 0.5) is 5.69 Å². The molecule has 1 fully saturated rings. The number of nitrogens with zero attached hydrogens (tertiary/aromatic N) is 1. The Labute approximate surface area is 124 Å². The van der Waals surface area contributed by atoms with E-state index in [9.17, 15) is 9.59 Å². The number of carbonyl (C=O) groups excluding carboxylic acids is 2. The largest absolute Gasteiger partial charge is 0.497 e. The summed E-state index contributed by atoms with van der Waals surface area (Å²) in [6.07, 6.45) is -0.654. The van der Waals surface area contributed by atoms with Gasteiger partial charge in [0.05, 0.1) is 20.1 Å². The van der Waals surface area contributed by atoms with Crippen molar-refractivity contribution in [2.24, 2.45) is 0 Å². The first kappa shape index (κ1) is 15.3. The normalized spacial score (nSPS) is 18.5. The van der Waals surface area contributed by atoms with E-state index in [4.69, 9.17) is 9.47 Å². The predicted octanol–water partition coefficient (Wildman–Crippen LogP) is 1.27. The standard InChI is InChI=1S/C15H20N2O4/c1-3-17-8-9-21-13(15(17)19)10-14(18)16-11-4-6-12(20-2)7-5-11/h4-7,13H,3,8-10H2,1-2H3,(H,16,18). The second kappa shape index (κ2) is 7.08. The summed E-state index contributed by atoms with van der Waals surface area (Å²) in [5, 5.41) is 2.75. The number of morpholine rings is 1. The highest BCUT2D eigenvalue weighted by molar-refractivity contribution is 5.95. The molecule has 0 spiro atoms. The van der Waals surface area contributed by atoms with Crippen LogP contribution in [0.25, 0.3) is 0 Å². The Morgan fingerprint density at radius 1 is 1.43 bits per heavy atom. The molecule has 0 aliphatic carbocycles. The Morgan fingerprint density at radius 3 is 2.76 bits per heavy atom. The number of anilines is 1. The molecule has 0 saturated carbocycles. The molecular formula is C15H20N2O4. The summed E-state index contributed by atoms with van der Waals surface area (Å²) in [7, 11) is 1.58. The first-order chi connectivity index (χ1) is 10.1. The van der Waals surface area contributed by atoms with Crippen molar-refractivity contribution >= 4 is 17.5 Å². The number of methoxy groups -OCH3 is 1. The molecule has 1 heterocycles. The lowest BCUT2D eigenvalue weighted by molar-refractivity contribution is -0.154. The average Bonchev–Trinajstić information content (AvgIpc) is 2.50. The van der Waals surface area contributed by atoms with Gasteiger partial charge in [-0.1, -0.05) is 0 Å². The van der Waals surface area contributed by atoms with Crippen LogP contribution in [-0.4, -0.2) is 49.6 Å². The topological polar surface area (TPSA) is 67.9 Å². The van der Waals surface area contributed by atoms with Crippen LogP contribution < -0.4 is 10.1 Å². The van der Waals surface area contributed by atoms with E-state index in [1.807, 2.05) is 6.92 Å². The van der Waals surface area contributed by atoms with Crippen molar-refractivity contribution in [1.29, 1.82) is 0 Å². The maximum atomic E-state index is 12.0. The maximum Gasteiger partial charge on any atom is 0.252 e. The lowest BCUT2D eigenvalue weighted by Gasteiger charge is -2.31. The van der Waals surface area contributed by atoms with E-state index >= 15 is 0 Å². The Kier molecular flexibility index (Phi) is 5.16. The van der Waals surface area contributed by atoms with E-state index < -0.39 is 6.10 Å². The third kappa shape index (κ3) is 3.95. The minimum atomic E-state index is -0.683. The van der Waals surface area contributed by atoms with Gasteiger partial charge in [-0.25, -0.2) is 0 Å². The number of hydrogen-bond acceptors (Lipinski definition) is 4. The van der Waals surface area contributed by atoms with Crippen LogP contribution in [-0.2, 0) is 14.3 Å². The van der Waals surface area contributed by atoms with Gasteiger partial charge in [-0.05, 0) is 31.2 Å². The molecule has 21 heavy (non-hydrogen) atoms. The van der Waals surface area contributed by atoms with Crippen molar-refractivity contribution in [3.63, 3.8) is 0 Å². The molecule has 2 amide bonds. The number of hydrogen-bond donors (Lipinski definition) is 1. The SMILES string of the molecule is CCN1CCOC(CC(=O)Nc2ccc(OC)cc2)C1=O. The summed E-state index contributed by atoms with van der Waals surface area (Å²) in [5.74, 6) is 0.363. The summed E-state index contributed by atoms with van der Waals surface area (Å²) in [6, 6.07) is 7.02. The summed E-state index contributed by atoms with van der Waals surface area (Å²) in [4.78, 5) is 25.7. The fraction of sp³-hybridized carbons (Fsp3) is 0.467. The van der Waals surface area contributed by atoms with Gasteiger partial charge in [-0.2, -0.15) is 0 Å². The maximum absolute atomic E-state index is 12.0. The Bertz CT molecular complexity index is 501. The van der Waals surface area contributed by atoms with Gasteiger partial charge < -0.3 is 19.7 Å². The van der Waals surface area contributed by atoms with E-state index in [0.717, 1.165) is 5.75 Å². The first-order valence-corrected chi connectivity index (χ1v) is 6.98. The molecule has 1 atom stereocenters. The molecule has 6 heteroatoms. The van der Waals surface area contributed by atoms with Gasteiger partial charge in [0.2, 0.25) is 5.91 Å². The van der Waals surface area contributed by atoms with Gasteiger partial charge >= 0.3 is 0 Å². The summed E-state index contributed by atoms with van der Waals surface area (Å²) in [5.41, 5.74) is 0.663. The van der Waals surface area contributed by atoms with Crippen molar-refractivity contribution in [3.05, 3.63) is 24.3 Å². The number of ether oxygens (including phenoxy) is 2. The van der Waals surface area contributed by atoms with E-state index in [1.54, 1.807) is 36.3 Å². The number of nitrogens with one attached hydrogen (secondary N) is 1. The van der Waals surface area contributed by atoms with E-state index in [-0.39, 0.29) is 18.2 Å². The smallest absolute Gasteiger partial charge is 0.252 e. The van der Waals surface area contributed by atoms with E-state index in [1.165, 1.54) is 0 Å². The molecular weight excluding hydrogens is 272 g/mol. The van der Waals surface area contributed by atoms with Gasteiger partial charge in [-0.3, -0.25) is 9.59 Å². The van der Waals surface area contributed by atoms with E-state index in [2.05, 4.69) is 5.32 Å². The molecule has 0 aromatic heterocycles. The summed E-state index contributed by atoms with van der Waals surface area (Å²) >= 11 is 0. The van der Waals surface area contributed by atoms with Gasteiger partial charge in [0, 0.05) is 18.8 Å². The highest BCUT2D eigenvalue weighted by Gasteiger charge is 2.30. The molecule has 1 saturated heterocycles. The monoisotopic (exact) mass is 292 g/mol. The molecule has 1 aromatic rings. The summed E-state index contributed by atoms with van der Waals surface area (Å²) in [6.45, 7) is 3.61. The lowest BCUT2D eigenvalue weighted by atomic mass is 10.1. The number of amides is 2. The van der Waals surface area contributed by atoms with Gasteiger partial charge in [0.15, 0.2) is 0 Å². The lowest BCUT2D eigenvalue weighted by Crippen LogP contribution is -2.48. The third-order valence-electron chi connectivity index (χ3n) is 3.39. The molecule has 0 bridgehead atoms. The molecule has 1 aromatic carbocycles. The van der Waals surface area contributed by atoms with Crippen LogP contribution in [0.5, 0.6) is 5.75 Å². The number of carbonyl (C=O) groups is 2. The zero-order chi connectivity index (χ0) is 15.2. The van der Waals surface area contributed by atoms with Crippen molar-refractivity contribution in [3.8, 4) is 5.75 Å². The number of benzene rings is 1. The van der Waals surface area contributed by atoms with Crippen LogP contribution in [0.15, 0.2) is 24.3 Å². The quantitative estimate of drug-likeness (QED) is 0.887. The second-order valence-electron chi connectivity index (χ2n) is 4.76. The molecule has 6 nitrogen and oxygen atoms in total. The minimum Gasteiger partial charge on any atom is -0.497 e. The van der Waals surface area contributed by atoms with Crippen LogP contribution in [0.2, 0.25) is 0 Å². The predicted molar refractivity (Wildman–Crippen MR) is 78.2 cm³/mol. The Balaban J connectivity index is 1.90. The molecule has 1 unspecified atom stereocenters. The van der Waals surface area contributed by atoms with Gasteiger partial charge in [-0.15, -0.1) is 0 Å². The van der Waals surface area contributed by atoms with Crippen molar-refractivity contribution in [1.82, 2.24) is 4.90 Å². The summed E-state index contributed by atoms with van der Waals surface area (Å²) < 4.78 is 10.4. The molecule has 1 aliphatic heterocycles. The zero-order valence-electron chi connectivity index (χ0n) is 12.3. The highest BCUT2D eigenvalue weighted by atomic mass is 16.5. The minimum absolute atomic E-state index is 0.0291. The second-order valence-corrected chi connectivity index (χ2v) is 4.76. The molecule has 114 valence electrons. The van der Waals surface area contributed by atoms with Crippen LogP contribution >= 0.6 is 0 Å². The highest BCUT2D eigenvalue weighted by Crippen LogP contribution is 2.16. The molecule has 1 aliphatic rings. The fourth-order valence-electron chi connectivity index (χ4n) is 2.21.